The predicted molar refractivity (Wildman–Crippen MR) is 134 cm³/mol. The molecule has 0 radical (unpaired) electrons. The lowest BCUT2D eigenvalue weighted by atomic mass is 9.66. The highest BCUT2D eigenvalue weighted by Gasteiger charge is 2.80. The zero-order chi connectivity index (χ0) is 27.3. The van der Waals surface area contributed by atoms with E-state index in [0.717, 1.165) is 19.5 Å². The van der Waals surface area contributed by atoms with Gasteiger partial charge in [0.1, 0.15) is 5.75 Å². The van der Waals surface area contributed by atoms with Gasteiger partial charge in [0.05, 0.1) is 32.8 Å². The van der Waals surface area contributed by atoms with E-state index in [0.29, 0.717) is 16.2 Å². The first-order chi connectivity index (χ1) is 18.1. The van der Waals surface area contributed by atoms with Crippen LogP contribution in [0.15, 0.2) is 77.8 Å². The molecule has 3 aromatic carbocycles. The minimum absolute atomic E-state index is 0.00945. The Hall–Kier alpha value is -4.05. The second kappa shape index (κ2) is 9.05. The fourth-order valence-electron chi connectivity index (χ4n) is 5.27. The number of methoxy groups -OCH3 is 2. The lowest BCUT2D eigenvalue weighted by Gasteiger charge is -2.52. The normalized spacial score (nSPS) is 22.2. The highest BCUT2D eigenvalue weighted by Crippen LogP contribution is 2.63. The van der Waals surface area contributed by atoms with Gasteiger partial charge in [-0.2, -0.15) is 13.2 Å². The van der Waals surface area contributed by atoms with Crippen molar-refractivity contribution in [3.8, 4) is 5.75 Å². The van der Waals surface area contributed by atoms with Crippen LogP contribution in [0.3, 0.4) is 0 Å². The first-order valence-electron chi connectivity index (χ1n) is 11.4. The third-order valence-electron chi connectivity index (χ3n) is 6.91. The molecule has 38 heavy (non-hydrogen) atoms. The number of esters is 1. The predicted octanol–water partition coefficient (Wildman–Crippen LogP) is 5.66. The van der Waals surface area contributed by atoms with Gasteiger partial charge in [0.2, 0.25) is 11.1 Å². The Morgan fingerprint density at radius 1 is 1.03 bits per heavy atom. The molecule has 3 aromatic rings. The number of nitrogens with zero attached hydrogens (tertiary/aromatic N) is 3. The van der Waals surface area contributed by atoms with Crippen LogP contribution < -0.4 is 9.64 Å². The molecule has 2 aliphatic heterocycles. The van der Waals surface area contributed by atoms with E-state index < -0.39 is 34.8 Å². The molecular weight excluding hydrogens is 523 g/mol. The number of hydrogen-bond donors (Lipinski definition) is 0. The number of carbonyl (C=O) groups excluding carboxylic acids is 2. The monoisotopic (exact) mass is 543 g/mol. The molecule has 0 saturated carbocycles. The van der Waals surface area contributed by atoms with Crippen LogP contribution in [0.1, 0.15) is 16.7 Å². The second-order valence-corrected chi connectivity index (χ2v) is 9.21. The van der Waals surface area contributed by atoms with Crippen LogP contribution in [-0.4, -0.2) is 43.6 Å². The summed E-state index contributed by atoms with van der Waals surface area (Å²) in [7, 11) is 2.49. The van der Waals surface area contributed by atoms with Crippen LogP contribution in [0.2, 0.25) is 5.02 Å². The number of benzene rings is 3. The molecule has 0 aromatic heterocycles. The van der Waals surface area contributed by atoms with Crippen molar-refractivity contribution >= 4 is 35.6 Å². The van der Waals surface area contributed by atoms with Crippen molar-refractivity contribution in [2.75, 3.05) is 19.1 Å². The van der Waals surface area contributed by atoms with Crippen molar-refractivity contribution in [1.29, 1.82) is 0 Å². The van der Waals surface area contributed by atoms with Crippen LogP contribution >= 0.6 is 11.6 Å². The Morgan fingerprint density at radius 2 is 1.71 bits per heavy atom. The highest BCUT2D eigenvalue weighted by atomic mass is 35.5. The third kappa shape index (κ3) is 3.39. The van der Waals surface area contributed by atoms with Crippen molar-refractivity contribution in [3.63, 3.8) is 0 Å². The lowest BCUT2D eigenvalue weighted by Crippen LogP contribution is -2.70. The summed E-state index contributed by atoms with van der Waals surface area (Å²) in [5, 5.41) is -0.00945. The molecule has 0 fully saturated rings. The quantitative estimate of drug-likeness (QED) is 0.389. The summed E-state index contributed by atoms with van der Waals surface area (Å²) < 4.78 is 57.0. The smallest absolute Gasteiger partial charge is 0.419 e. The number of rotatable bonds is 5. The summed E-state index contributed by atoms with van der Waals surface area (Å²) >= 11 is 6.25. The van der Waals surface area contributed by atoms with Crippen molar-refractivity contribution in [2.24, 2.45) is 4.99 Å². The van der Waals surface area contributed by atoms with Crippen molar-refractivity contribution in [1.82, 2.24) is 4.90 Å². The molecular formula is C27H21ClF3N3O4. The molecule has 2 aliphatic rings. The Morgan fingerprint density at radius 3 is 2.32 bits per heavy atom. The number of hydrogen-bond acceptors (Lipinski definition) is 5. The minimum atomic E-state index is -5.20. The van der Waals surface area contributed by atoms with Crippen LogP contribution in [0, 0.1) is 0 Å². The summed E-state index contributed by atoms with van der Waals surface area (Å²) in [5.41, 5.74) is -5.89. The van der Waals surface area contributed by atoms with Gasteiger partial charge < -0.3 is 9.47 Å². The molecule has 2 unspecified atom stereocenters. The molecule has 0 spiro atoms. The van der Waals surface area contributed by atoms with E-state index in [1.165, 1.54) is 48.4 Å². The molecule has 0 N–H and O–H groups in total. The zero-order valence-electron chi connectivity index (χ0n) is 20.2. The van der Waals surface area contributed by atoms with Gasteiger partial charge in [-0.15, -0.1) is 0 Å². The van der Waals surface area contributed by atoms with E-state index in [2.05, 4.69) is 4.99 Å². The third-order valence-corrected chi connectivity index (χ3v) is 7.15. The number of alkyl halides is 3. The summed E-state index contributed by atoms with van der Waals surface area (Å²) in [6.45, 7) is -0.0632. The van der Waals surface area contributed by atoms with Crippen LogP contribution in [0.4, 0.5) is 23.7 Å². The van der Waals surface area contributed by atoms with E-state index in [1.807, 2.05) is 0 Å². The van der Waals surface area contributed by atoms with Crippen molar-refractivity contribution < 1.29 is 32.2 Å². The van der Waals surface area contributed by atoms with Gasteiger partial charge in [-0.1, -0.05) is 54.1 Å². The lowest BCUT2D eigenvalue weighted by molar-refractivity contribution is -0.239. The van der Waals surface area contributed by atoms with E-state index >= 15 is 13.2 Å². The van der Waals surface area contributed by atoms with E-state index in [1.54, 1.807) is 30.3 Å². The Kier molecular flexibility index (Phi) is 6.10. The molecule has 0 bridgehead atoms. The molecule has 7 nitrogen and oxygen atoms in total. The molecule has 5 rings (SSSR count). The fraction of sp³-hybridized carbons (Fsp3) is 0.222. The van der Waals surface area contributed by atoms with Gasteiger partial charge in [0.15, 0.2) is 0 Å². The molecule has 2 heterocycles. The maximum absolute atomic E-state index is 15.6. The Bertz CT molecular complexity index is 1430. The van der Waals surface area contributed by atoms with Crippen LogP contribution in [0.5, 0.6) is 5.75 Å². The Balaban J connectivity index is 1.81. The first-order valence-corrected chi connectivity index (χ1v) is 11.8. The van der Waals surface area contributed by atoms with Gasteiger partial charge in [-0.3, -0.25) is 9.80 Å². The minimum Gasteiger partial charge on any atom is -0.497 e. The van der Waals surface area contributed by atoms with E-state index in [-0.39, 0.29) is 22.8 Å². The van der Waals surface area contributed by atoms with E-state index in [4.69, 9.17) is 21.1 Å². The largest absolute Gasteiger partial charge is 0.497 e. The highest BCUT2D eigenvalue weighted by molar-refractivity contribution is 6.30. The SMILES string of the molecule is COC(=O)C1(c2ccccc2)N=CN2C(=O)N(Cc3ccc(OC)cc3)c3ccc(Cl)cc3C21C(F)(F)F. The van der Waals surface area contributed by atoms with Crippen molar-refractivity contribution in [2.45, 2.75) is 23.8 Å². The number of carbonyl (C=O) groups is 2. The first kappa shape index (κ1) is 25.6. The summed E-state index contributed by atoms with van der Waals surface area (Å²) in [6, 6.07) is 16.9. The number of aliphatic imine (C=N–C) groups is 1. The second-order valence-electron chi connectivity index (χ2n) is 8.77. The number of amides is 2. The van der Waals surface area contributed by atoms with Crippen LogP contribution in [0.25, 0.3) is 0 Å². The van der Waals surface area contributed by atoms with Crippen LogP contribution in [-0.2, 0) is 27.2 Å². The summed E-state index contributed by atoms with van der Waals surface area (Å²) in [6.07, 6.45) is -4.43. The fourth-order valence-corrected chi connectivity index (χ4v) is 5.44. The molecule has 0 saturated heterocycles. The number of urea groups is 1. The molecule has 0 aliphatic carbocycles. The number of anilines is 1. The van der Waals surface area contributed by atoms with Crippen molar-refractivity contribution in [3.05, 3.63) is 94.5 Å². The zero-order valence-corrected chi connectivity index (χ0v) is 21.0. The van der Waals surface area contributed by atoms with Gasteiger partial charge in [-0.05, 0) is 41.5 Å². The average Bonchev–Trinajstić information content (AvgIpc) is 3.30. The average molecular weight is 544 g/mol. The molecule has 11 heteroatoms. The molecule has 2 atom stereocenters. The number of fused-ring (bicyclic) bond motifs is 3. The standard InChI is InChI=1S/C27H21ClF3N3O4/c1-37-20-11-8-17(9-12-20)15-33-22-13-10-19(28)14-21(22)26(27(29,30)31)25(23(35)38-2,18-6-4-3-5-7-18)32-16-34(26)24(33)36/h3-14,16H,15H2,1-2H3. The summed E-state index contributed by atoms with van der Waals surface area (Å²) in [4.78, 5) is 33.2. The van der Waals surface area contributed by atoms with Gasteiger partial charge in [0, 0.05) is 10.6 Å². The van der Waals surface area contributed by atoms with Gasteiger partial charge >= 0.3 is 18.2 Å². The molecule has 2 amide bonds. The van der Waals surface area contributed by atoms with Gasteiger partial charge in [-0.25, -0.2) is 14.6 Å². The summed E-state index contributed by atoms with van der Waals surface area (Å²) in [5.74, 6) is -0.693. The maximum atomic E-state index is 15.6. The topological polar surface area (TPSA) is 71.4 Å². The number of ether oxygens (including phenoxy) is 2. The molecule has 196 valence electrons. The van der Waals surface area contributed by atoms with Gasteiger partial charge in [0.25, 0.3) is 0 Å². The maximum Gasteiger partial charge on any atom is 0.419 e. The Labute approximate surface area is 221 Å². The van der Waals surface area contributed by atoms with E-state index in [9.17, 15) is 9.59 Å². The number of halogens is 4.